The zero-order chi connectivity index (χ0) is 12.8. The summed E-state index contributed by atoms with van der Waals surface area (Å²) >= 11 is 1.65. The van der Waals surface area contributed by atoms with E-state index in [1.54, 1.807) is 7.16 Å². The van der Waals surface area contributed by atoms with Gasteiger partial charge >= 0.3 is 121 Å². The summed E-state index contributed by atoms with van der Waals surface area (Å²) < 4.78 is 4.43. The molecule has 2 aromatic carbocycles. The number of hydrogen-bond acceptors (Lipinski definition) is 0. The predicted octanol–water partition coefficient (Wildman–Crippen LogP) is 3.94. The van der Waals surface area contributed by atoms with E-state index < -0.39 is 16.2 Å². The molecule has 0 radical (unpaired) electrons. The van der Waals surface area contributed by atoms with E-state index in [1.165, 1.54) is 17.3 Å². The first-order chi connectivity index (χ1) is 8.77. The van der Waals surface area contributed by atoms with Gasteiger partial charge < -0.3 is 0 Å². The van der Waals surface area contributed by atoms with Gasteiger partial charge in [-0.25, -0.2) is 0 Å². The molecule has 0 amide bonds. The average molecular weight is 410 g/mol. The van der Waals surface area contributed by atoms with Gasteiger partial charge in [-0.2, -0.15) is 0 Å². The van der Waals surface area contributed by atoms with Crippen molar-refractivity contribution in [3.63, 3.8) is 0 Å². The van der Waals surface area contributed by atoms with E-state index in [0.717, 1.165) is 0 Å². The molecule has 0 aliphatic heterocycles. The first kappa shape index (κ1) is 14.1. The summed E-state index contributed by atoms with van der Waals surface area (Å²) in [4.78, 5) is 0. The molecule has 0 saturated heterocycles. The van der Waals surface area contributed by atoms with Crippen LogP contribution in [-0.2, 0) is 0 Å². The molecule has 0 aromatic heterocycles. The molecule has 0 bridgehead atoms. The van der Waals surface area contributed by atoms with Gasteiger partial charge in [0, 0.05) is 0 Å². The van der Waals surface area contributed by atoms with Crippen molar-refractivity contribution in [2.24, 2.45) is 0 Å². The van der Waals surface area contributed by atoms with E-state index in [2.05, 4.69) is 80.3 Å². The molecule has 18 heavy (non-hydrogen) atoms. The molecule has 0 atom stereocenters. The molecule has 0 spiro atoms. The van der Waals surface area contributed by atoms with Crippen LogP contribution in [0.25, 0.3) is 0 Å². The summed E-state index contributed by atoms with van der Waals surface area (Å²) in [7, 11) is 0. The van der Waals surface area contributed by atoms with Crippen molar-refractivity contribution in [1.29, 1.82) is 0 Å². The molecule has 0 aliphatic rings. The number of unbranched alkanes of at least 4 members (excludes halogenated alkanes) is 1. The number of benzene rings is 2. The van der Waals surface area contributed by atoms with Crippen molar-refractivity contribution >= 4 is 36.0 Å². The molecule has 2 aromatic rings. The van der Waals surface area contributed by atoms with Crippen LogP contribution in [0.4, 0.5) is 0 Å². The molecule has 0 saturated carbocycles. The van der Waals surface area contributed by atoms with Gasteiger partial charge in [0.2, 0.25) is 0 Å². The second-order valence-electron chi connectivity index (χ2n) is 4.64. The van der Waals surface area contributed by atoms with E-state index in [1.807, 2.05) is 0 Å². The topological polar surface area (TPSA) is 0 Å². The van der Waals surface area contributed by atoms with E-state index in [-0.39, 0.29) is 0 Å². The van der Waals surface area contributed by atoms with Crippen LogP contribution in [0.5, 0.6) is 0 Å². The molecule has 2 rings (SSSR count). The summed E-state index contributed by atoms with van der Waals surface area (Å²) in [6.45, 7) is 2.27. The SMILES string of the molecule is CCC[CH2][Sn]([Br])([c]1ccccc1)[c]1ccccc1. The van der Waals surface area contributed by atoms with Gasteiger partial charge in [0.1, 0.15) is 0 Å². The Bertz CT molecular complexity index is 427. The van der Waals surface area contributed by atoms with Gasteiger partial charge in [0.25, 0.3) is 0 Å². The van der Waals surface area contributed by atoms with Crippen LogP contribution in [0.3, 0.4) is 0 Å². The molecule has 0 fully saturated rings. The third-order valence-electron chi connectivity index (χ3n) is 3.34. The molecular formula is C16H19BrSn. The zero-order valence-electron chi connectivity index (χ0n) is 10.8. The van der Waals surface area contributed by atoms with Gasteiger partial charge in [0.05, 0.1) is 0 Å². The number of halogens is 1. The van der Waals surface area contributed by atoms with Crippen molar-refractivity contribution in [3.05, 3.63) is 60.7 Å². The van der Waals surface area contributed by atoms with Crippen LogP contribution in [0, 0.1) is 0 Å². The van der Waals surface area contributed by atoms with Gasteiger partial charge in [-0.3, -0.25) is 0 Å². The number of rotatable bonds is 5. The summed E-state index contributed by atoms with van der Waals surface area (Å²) in [6, 6.07) is 22.1. The van der Waals surface area contributed by atoms with Crippen LogP contribution < -0.4 is 7.16 Å². The molecular weight excluding hydrogens is 391 g/mol. The fourth-order valence-electron chi connectivity index (χ4n) is 2.28. The summed E-state index contributed by atoms with van der Waals surface area (Å²) in [5.74, 6) is 0. The van der Waals surface area contributed by atoms with Crippen molar-refractivity contribution in [2.45, 2.75) is 24.2 Å². The summed E-state index contributed by atoms with van der Waals surface area (Å²) in [5.41, 5.74) is 0. The third kappa shape index (κ3) is 3.18. The second kappa shape index (κ2) is 6.76. The minimum atomic E-state index is -2.56. The monoisotopic (exact) mass is 410 g/mol. The molecule has 2 heteroatoms. The Morgan fingerprint density at radius 3 is 1.67 bits per heavy atom. The zero-order valence-corrected chi connectivity index (χ0v) is 15.2. The van der Waals surface area contributed by atoms with E-state index in [0.29, 0.717) is 0 Å². The fourth-order valence-corrected chi connectivity index (χ4v) is 16.8. The molecule has 0 N–H and O–H groups in total. The maximum absolute atomic E-state index is 4.21. The molecule has 94 valence electrons. The van der Waals surface area contributed by atoms with E-state index in [4.69, 9.17) is 0 Å². The van der Waals surface area contributed by atoms with Crippen molar-refractivity contribution < 1.29 is 0 Å². The van der Waals surface area contributed by atoms with E-state index >= 15 is 0 Å². The molecule has 0 nitrogen and oxygen atoms in total. The fraction of sp³-hybridized carbons (Fsp3) is 0.250. The average Bonchev–Trinajstić information content (AvgIpc) is 2.46. The van der Waals surface area contributed by atoms with Crippen molar-refractivity contribution in [2.75, 3.05) is 0 Å². The first-order valence-corrected chi connectivity index (χ1v) is 17.8. The minimum absolute atomic E-state index is 1.27. The summed E-state index contributed by atoms with van der Waals surface area (Å²) in [5, 5.41) is 0. The quantitative estimate of drug-likeness (QED) is 0.656. The molecule has 0 unspecified atom stereocenters. The Hall–Kier alpha value is -0.281. The Morgan fingerprint density at radius 2 is 1.28 bits per heavy atom. The van der Waals surface area contributed by atoms with Crippen molar-refractivity contribution in [3.8, 4) is 0 Å². The van der Waals surface area contributed by atoms with Crippen LogP contribution >= 0.6 is 12.7 Å². The normalized spacial score (nSPS) is 11.4. The standard InChI is InChI=1S/2C6H5.C4H9.BrH.Sn/c2*1-2-4-6-5-3-1;1-3-4-2;;/h2*1-5H;1,3-4H2,2H3;1H;/q;;;;+1/p-1. The summed E-state index contributed by atoms with van der Waals surface area (Å²) in [6.07, 6.45) is 2.58. The van der Waals surface area contributed by atoms with E-state index in [9.17, 15) is 0 Å². The molecule has 0 aliphatic carbocycles. The Kier molecular flexibility index (Phi) is 5.31. The van der Waals surface area contributed by atoms with Gasteiger partial charge in [-0.1, -0.05) is 0 Å². The second-order valence-corrected chi connectivity index (χ2v) is 23.0. The van der Waals surface area contributed by atoms with Gasteiger partial charge in [-0.15, -0.1) is 0 Å². The van der Waals surface area contributed by atoms with Crippen LogP contribution in [0.15, 0.2) is 60.7 Å². The number of hydrogen-bond donors (Lipinski definition) is 0. The van der Waals surface area contributed by atoms with Crippen LogP contribution in [-0.4, -0.2) is 16.2 Å². The Labute approximate surface area is 120 Å². The third-order valence-corrected chi connectivity index (χ3v) is 22.2. The Morgan fingerprint density at radius 1 is 0.833 bits per heavy atom. The van der Waals surface area contributed by atoms with Gasteiger partial charge in [-0.05, 0) is 0 Å². The Balaban J connectivity index is 2.41. The van der Waals surface area contributed by atoms with Gasteiger partial charge in [0.15, 0.2) is 0 Å². The first-order valence-electron chi connectivity index (χ1n) is 6.57. The van der Waals surface area contributed by atoms with Crippen LogP contribution in [0.2, 0.25) is 4.44 Å². The van der Waals surface area contributed by atoms with Crippen LogP contribution in [0.1, 0.15) is 19.8 Å². The predicted molar refractivity (Wildman–Crippen MR) is 86.5 cm³/mol. The molecule has 0 heterocycles. The maximum atomic E-state index is 4.21. The van der Waals surface area contributed by atoms with Crippen molar-refractivity contribution in [1.82, 2.24) is 0 Å².